The van der Waals surface area contributed by atoms with Gasteiger partial charge in [0.1, 0.15) is 5.82 Å². The van der Waals surface area contributed by atoms with Crippen LogP contribution in [0.4, 0.5) is 9.18 Å². The molecule has 4 unspecified atom stereocenters. The van der Waals surface area contributed by atoms with Crippen molar-refractivity contribution in [3.63, 3.8) is 0 Å². The summed E-state index contributed by atoms with van der Waals surface area (Å²) in [5, 5.41) is 6.94. The van der Waals surface area contributed by atoms with Crippen molar-refractivity contribution in [2.75, 3.05) is 14.1 Å². The summed E-state index contributed by atoms with van der Waals surface area (Å²) in [6.45, 7) is 4.14. The number of amides is 3. The van der Waals surface area contributed by atoms with Gasteiger partial charge in [-0.2, -0.15) is 0 Å². The molecule has 3 amide bonds. The van der Waals surface area contributed by atoms with E-state index in [-0.39, 0.29) is 29.3 Å². The molecule has 6 nitrogen and oxygen atoms in total. The van der Waals surface area contributed by atoms with Crippen LogP contribution in [0.25, 0.3) is 0 Å². The Labute approximate surface area is 151 Å². The second-order valence-electron chi connectivity index (χ2n) is 6.68. The van der Waals surface area contributed by atoms with Crippen molar-refractivity contribution >= 4 is 23.7 Å². The fraction of sp³-hybridized carbons (Fsp3) is 0.529. The van der Waals surface area contributed by atoms with Gasteiger partial charge in [-0.05, 0) is 17.7 Å². The van der Waals surface area contributed by atoms with Crippen molar-refractivity contribution in [2.45, 2.75) is 36.8 Å². The molecule has 8 heteroatoms. The molecule has 0 bridgehead atoms. The monoisotopic (exact) mass is 366 g/mol. The highest BCUT2D eigenvalue weighted by Gasteiger charge is 2.51. The Hall–Kier alpha value is -1.64. The van der Waals surface area contributed by atoms with Gasteiger partial charge in [-0.1, -0.05) is 26.0 Å². The normalized spacial score (nSPS) is 30.0. The molecule has 2 aliphatic heterocycles. The molecule has 2 N–H and O–H groups in total. The maximum atomic E-state index is 13.2. The maximum absolute atomic E-state index is 13.2. The zero-order valence-electron chi connectivity index (χ0n) is 14.7. The molecule has 2 heterocycles. The van der Waals surface area contributed by atoms with E-state index in [4.69, 9.17) is 0 Å². The Kier molecular flexibility index (Phi) is 5.04. The van der Waals surface area contributed by atoms with Crippen LogP contribution in [-0.4, -0.2) is 52.6 Å². The minimum Gasteiger partial charge on any atom is -0.311 e. The Balaban J connectivity index is 1.93. The van der Waals surface area contributed by atoms with Crippen LogP contribution in [0.15, 0.2) is 24.3 Å². The first-order chi connectivity index (χ1) is 11.8. The minimum atomic E-state index is -0.413. The summed E-state index contributed by atoms with van der Waals surface area (Å²) in [6, 6.07) is 5.90. The summed E-state index contributed by atoms with van der Waals surface area (Å²) >= 11 is 1.66. The van der Waals surface area contributed by atoms with Crippen molar-refractivity contribution in [3.8, 4) is 0 Å². The van der Waals surface area contributed by atoms with Crippen LogP contribution < -0.4 is 10.6 Å². The van der Waals surface area contributed by atoms with E-state index in [1.807, 2.05) is 0 Å². The summed E-state index contributed by atoms with van der Waals surface area (Å²) in [4.78, 5) is 27.8. The third-order valence-corrected chi connectivity index (χ3v) is 5.85. The second-order valence-corrected chi connectivity index (χ2v) is 8.41. The number of rotatable bonds is 3. The van der Waals surface area contributed by atoms with Crippen LogP contribution in [0.2, 0.25) is 0 Å². The smallest absolute Gasteiger partial charge is 0.311 e. The zero-order valence-corrected chi connectivity index (χ0v) is 15.5. The number of benzene rings is 1. The number of nitrogens with one attached hydrogen (secondary N) is 2. The first kappa shape index (κ1) is 18.2. The fourth-order valence-corrected chi connectivity index (χ4v) is 4.55. The highest BCUT2D eigenvalue weighted by molar-refractivity contribution is 8.00. The van der Waals surface area contributed by atoms with E-state index in [1.54, 1.807) is 35.8 Å². The van der Waals surface area contributed by atoms with Crippen LogP contribution in [-0.2, 0) is 4.79 Å². The summed E-state index contributed by atoms with van der Waals surface area (Å²) in [5.41, 5.74) is 0.862. The summed E-state index contributed by atoms with van der Waals surface area (Å²) in [5.74, 6) is -0.882. The Bertz CT molecular complexity index is 669. The number of urea groups is 1. The number of carbonyl (C=O) groups excluding carboxylic acids is 2. The molecule has 2 saturated heterocycles. The predicted molar refractivity (Wildman–Crippen MR) is 95.1 cm³/mol. The van der Waals surface area contributed by atoms with Crippen LogP contribution in [0, 0.1) is 11.7 Å². The number of halogens is 1. The number of imide groups is 1. The Morgan fingerprint density at radius 1 is 1.12 bits per heavy atom. The number of carbonyl (C=O) groups is 2. The maximum Gasteiger partial charge on any atom is 0.327 e. The van der Waals surface area contributed by atoms with Crippen molar-refractivity contribution in [1.82, 2.24) is 20.4 Å². The first-order valence-corrected chi connectivity index (χ1v) is 9.21. The topological polar surface area (TPSA) is 64.7 Å². The van der Waals surface area contributed by atoms with Gasteiger partial charge < -0.3 is 4.90 Å². The van der Waals surface area contributed by atoms with Crippen molar-refractivity contribution in [3.05, 3.63) is 35.6 Å². The zero-order chi connectivity index (χ0) is 18.3. The third kappa shape index (κ3) is 3.38. The van der Waals surface area contributed by atoms with Gasteiger partial charge in [0.25, 0.3) is 0 Å². The van der Waals surface area contributed by atoms with E-state index in [2.05, 4.69) is 24.5 Å². The van der Waals surface area contributed by atoms with Crippen LogP contribution in [0.5, 0.6) is 0 Å². The van der Waals surface area contributed by atoms with E-state index in [1.165, 1.54) is 24.1 Å². The van der Waals surface area contributed by atoms with Gasteiger partial charge in [-0.3, -0.25) is 20.3 Å². The molecule has 0 aromatic heterocycles. The lowest BCUT2D eigenvalue weighted by Gasteiger charge is -2.50. The molecule has 0 spiro atoms. The minimum absolute atomic E-state index is 0.160. The lowest BCUT2D eigenvalue weighted by atomic mass is 9.96. The lowest BCUT2D eigenvalue weighted by Crippen LogP contribution is -2.72. The summed E-state index contributed by atoms with van der Waals surface area (Å²) < 4.78 is 13.2. The molecular formula is C17H23FN4O2S. The van der Waals surface area contributed by atoms with E-state index in [9.17, 15) is 14.0 Å². The van der Waals surface area contributed by atoms with Crippen molar-refractivity contribution < 1.29 is 14.0 Å². The second kappa shape index (κ2) is 6.93. The Morgan fingerprint density at radius 2 is 1.76 bits per heavy atom. The number of thioether (sulfide) groups is 1. The Morgan fingerprint density at radius 3 is 2.36 bits per heavy atom. The molecule has 136 valence electrons. The van der Waals surface area contributed by atoms with E-state index >= 15 is 0 Å². The highest BCUT2D eigenvalue weighted by Crippen LogP contribution is 2.35. The highest BCUT2D eigenvalue weighted by atomic mass is 32.2. The van der Waals surface area contributed by atoms with E-state index in [0.717, 1.165) is 5.56 Å². The number of hydrogen-bond acceptors (Lipinski definition) is 5. The molecular weight excluding hydrogens is 343 g/mol. The largest absolute Gasteiger partial charge is 0.327 e. The fourth-order valence-electron chi connectivity index (χ4n) is 3.31. The van der Waals surface area contributed by atoms with Gasteiger partial charge in [0.15, 0.2) is 0 Å². The molecule has 0 radical (unpaired) electrons. The number of hydrogen-bond donors (Lipinski definition) is 2. The number of nitrogens with zero attached hydrogens (tertiary/aromatic N) is 2. The summed E-state index contributed by atoms with van der Waals surface area (Å²) in [6.07, 6.45) is -0.687. The molecule has 1 aromatic rings. The van der Waals surface area contributed by atoms with E-state index < -0.39 is 12.1 Å². The van der Waals surface area contributed by atoms with Gasteiger partial charge in [0, 0.05) is 19.3 Å². The predicted octanol–water partition coefficient (Wildman–Crippen LogP) is 1.95. The molecule has 4 atom stereocenters. The third-order valence-electron chi connectivity index (χ3n) is 4.58. The molecule has 25 heavy (non-hydrogen) atoms. The molecule has 2 fully saturated rings. The average Bonchev–Trinajstić information content (AvgIpc) is 2.57. The SMILES string of the molecule is CC(C)SC1NC(c2ccc(F)cc2)NC2C1C(=O)N(C)C(=O)N2C. The van der Waals surface area contributed by atoms with Gasteiger partial charge in [0.2, 0.25) is 5.91 Å². The van der Waals surface area contributed by atoms with Crippen LogP contribution >= 0.6 is 11.8 Å². The van der Waals surface area contributed by atoms with Crippen molar-refractivity contribution in [1.29, 1.82) is 0 Å². The van der Waals surface area contributed by atoms with E-state index in [0.29, 0.717) is 5.25 Å². The molecule has 1 aromatic carbocycles. The van der Waals surface area contributed by atoms with Crippen LogP contribution in [0.1, 0.15) is 25.6 Å². The molecule has 2 aliphatic rings. The quantitative estimate of drug-likeness (QED) is 0.856. The van der Waals surface area contributed by atoms with Gasteiger partial charge in [0.05, 0.1) is 23.6 Å². The van der Waals surface area contributed by atoms with Crippen molar-refractivity contribution in [2.24, 2.45) is 5.92 Å². The first-order valence-electron chi connectivity index (χ1n) is 8.27. The summed E-state index contributed by atoms with van der Waals surface area (Å²) in [7, 11) is 3.21. The average molecular weight is 366 g/mol. The van der Waals surface area contributed by atoms with Crippen LogP contribution in [0.3, 0.4) is 0 Å². The molecule has 3 rings (SSSR count). The van der Waals surface area contributed by atoms with Gasteiger partial charge in [-0.15, -0.1) is 11.8 Å². The van der Waals surface area contributed by atoms with Gasteiger partial charge >= 0.3 is 6.03 Å². The standard InChI is InChI=1S/C17H23FN4O2S/c1-9(2)25-15-12-14(21(3)17(24)22(4)16(12)23)19-13(20-15)10-5-7-11(18)8-6-10/h5-9,12-15,19-20H,1-4H3. The lowest BCUT2D eigenvalue weighted by molar-refractivity contribution is -0.140. The molecule has 0 saturated carbocycles. The molecule has 0 aliphatic carbocycles. The van der Waals surface area contributed by atoms with Gasteiger partial charge in [-0.25, -0.2) is 9.18 Å². The number of fused-ring (bicyclic) bond motifs is 1.